The third-order valence-corrected chi connectivity index (χ3v) is 16.1. The molecule has 0 radical (unpaired) electrons. The van der Waals surface area contributed by atoms with Crippen LogP contribution >= 0.6 is 23.2 Å². The molecule has 2 saturated heterocycles. The fourth-order valence-corrected chi connectivity index (χ4v) is 13.2. The number of carbonyl (C=O) groups is 2. The minimum absolute atomic E-state index is 0.128. The lowest BCUT2D eigenvalue weighted by atomic mass is 9.88. The summed E-state index contributed by atoms with van der Waals surface area (Å²) in [6.07, 6.45) is 9.02. The van der Waals surface area contributed by atoms with E-state index in [1.807, 2.05) is 13.8 Å². The van der Waals surface area contributed by atoms with Gasteiger partial charge in [-0.1, -0.05) is 83.9 Å². The number of rotatable bonds is 12. The van der Waals surface area contributed by atoms with E-state index in [4.69, 9.17) is 23.2 Å². The van der Waals surface area contributed by atoms with Gasteiger partial charge in [0.05, 0.1) is 24.6 Å². The van der Waals surface area contributed by atoms with Gasteiger partial charge in [0.25, 0.3) is 11.1 Å². The number of carbonyl (C=O) groups excluding carboxylic acids is 2. The van der Waals surface area contributed by atoms with E-state index in [-0.39, 0.29) is 50.5 Å². The van der Waals surface area contributed by atoms with Crippen molar-refractivity contribution in [1.29, 1.82) is 0 Å². The van der Waals surface area contributed by atoms with Gasteiger partial charge in [0.2, 0.25) is 31.9 Å². The zero-order valence-electron chi connectivity index (χ0n) is 36.6. The minimum Gasteiger partial charge on any atom is -0.396 e. The van der Waals surface area contributed by atoms with Crippen molar-refractivity contribution in [1.82, 2.24) is 28.4 Å². The van der Waals surface area contributed by atoms with Crippen molar-refractivity contribution in [3.8, 4) is 0 Å². The summed E-state index contributed by atoms with van der Waals surface area (Å²) in [5.41, 5.74) is 3.03. The number of amides is 2. The number of nitrogens with zero attached hydrogens (tertiary/aromatic N) is 4. The number of benzene rings is 2. The number of fused-ring (bicyclic) bond motifs is 6. The third-order valence-electron chi connectivity index (χ3n) is 12.9. The van der Waals surface area contributed by atoms with Crippen LogP contribution in [-0.4, -0.2) is 94.4 Å². The Morgan fingerprint density at radius 3 is 1.32 bits per heavy atom. The molecule has 0 unspecified atom stereocenters. The highest BCUT2D eigenvalue weighted by atomic mass is 35.5. The predicted molar refractivity (Wildman–Crippen MR) is 252 cm³/mol. The first kappa shape index (κ1) is 49.0. The molecule has 8 atom stereocenters. The number of nitrogens with one attached hydrogen (secondary N) is 2. The average molecular weight is 984 g/mol. The van der Waals surface area contributed by atoms with E-state index in [1.165, 1.54) is 0 Å². The van der Waals surface area contributed by atoms with Gasteiger partial charge >= 0.3 is 0 Å². The number of hydrogen-bond donors (Lipinski definition) is 4. The SMILES string of the molecule is C/C=C/c1ccc2n(c1=O)C[C@@H]1[C@@H](CO)[C@H](C(=O)NCc3ccccc3Cl)N(S(C)(=O)=O)[C@H]21.C/C=C\c1ccc2n(c1=O)C[C@@H]1[C@@H](CO)[C@H](C(=O)NCc3ccccc3Cl)N(S(C)(=O)=O)[C@H]21. The fourth-order valence-electron chi connectivity index (χ4n) is 10.1. The fraction of sp³-hybridized carbons (Fsp3) is 0.391. The molecule has 0 bridgehead atoms. The molecule has 16 nitrogen and oxygen atoms in total. The van der Waals surface area contributed by atoms with Crippen molar-refractivity contribution in [3.05, 3.63) is 149 Å². The molecule has 4 aromatic rings. The normalized spacial score (nSPS) is 24.7. The topological polar surface area (TPSA) is 217 Å². The van der Waals surface area contributed by atoms with Crippen LogP contribution < -0.4 is 21.8 Å². The second kappa shape index (κ2) is 19.7. The van der Waals surface area contributed by atoms with E-state index in [1.54, 1.807) is 106 Å². The first-order chi connectivity index (χ1) is 31.4. The van der Waals surface area contributed by atoms with Crippen LogP contribution in [0.3, 0.4) is 0 Å². The molecule has 352 valence electrons. The van der Waals surface area contributed by atoms with Gasteiger partial charge in [-0.2, -0.15) is 8.61 Å². The average Bonchev–Trinajstić information content (AvgIpc) is 4.01. The Hall–Kier alpha value is -4.92. The highest BCUT2D eigenvalue weighted by Gasteiger charge is 2.60. The first-order valence-corrected chi connectivity index (χ1v) is 25.8. The number of allylic oxidation sites excluding steroid dienone is 2. The van der Waals surface area contributed by atoms with Crippen LogP contribution in [0.1, 0.15) is 59.6 Å². The Morgan fingerprint density at radius 2 is 1.00 bits per heavy atom. The molecule has 4 aliphatic rings. The summed E-state index contributed by atoms with van der Waals surface area (Å²) < 4.78 is 57.0. The number of halogens is 2. The standard InChI is InChI=1S/2C23H26ClN3O5S/c2*1-3-6-14-9-10-19-20-16(12-26(19)23(14)30)17(13-28)21(27(20)33(2,31)32)22(29)25-11-15-7-4-5-8-18(15)24/h2*3-10,16-17,20-21,28H,11-13H2,1-2H3,(H,25,29)/b6-3+;6-3-/t2*16-,17-,20+,21-/m11/s1. The van der Waals surface area contributed by atoms with E-state index in [2.05, 4.69) is 10.6 Å². The number of aliphatic hydroxyl groups excluding tert-OH is 2. The molecule has 4 N–H and O–H groups in total. The Morgan fingerprint density at radius 1 is 0.636 bits per heavy atom. The number of aromatic nitrogens is 2. The lowest BCUT2D eigenvalue weighted by molar-refractivity contribution is -0.127. The zero-order valence-corrected chi connectivity index (χ0v) is 39.8. The molecule has 4 aliphatic heterocycles. The minimum atomic E-state index is -3.85. The molecule has 0 saturated carbocycles. The second-order valence-electron chi connectivity index (χ2n) is 16.9. The monoisotopic (exact) mass is 982 g/mol. The van der Waals surface area contributed by atoms with Crippen molar-refractivity contribution in [2.45, 2.75) is 64.2 Å². The molecule has 0 aliphatic carbocycles. The summed E-state index contributed by atoms with van der Waals surface area (Å²) in [7, 11) is -7.71. The highest BCUT2D eigenvalue weighted by molar-refractivity contribution is 7.88. The number of sulfonamides is 2. The van der Waals surface area contributed by atoms with Crippen LogP contribution in [0.4, 0.5) is 0 Å². The van der Waals surface area contributed by atoms with Gasteiger partial charge in [-0.25, -0.2) is 16.8 Å². The van der Waals surface area contributed by atoms with Crippen LogP contribution in [-0.2, 0) is 55.8 Å². The summed E-state index contributed by atoms with van der Waals surface area (Å²) in [6.45, 7) is 3.57. The molecule has 2 fully saturated rings. The van der Waals surface area contributed by atoms with E-state index in [9.17, 15) is 46.2 Å². The van der Waals surface area contributed by atoms with Gasteiger partial charge < -0.3 is 30.0 Å². The van der Waals surface area contributed by atoms with E-state index in [0.29, 0.717) is 43.7 Å². The number of hydrogen-bond acceptors (Lipinski definition) is 10. The molecule has 2 amide bonds. The smallest absolute Gasteiger partial charge is 0.258 e. The van der Waals surface area contributed by atoms with Gasteiger partial charge in [0.1, 0.15) is 12.1 Å². The largest absolute Gasteiger partial charge is 0.396 e. The van der Waals surface area contributed by atoms with Gasteiger partial charge in [-0.05, 0) is 61.4 Å². The maximum atomic E-state index is 13.3. The molecule has 2 aromatic heterocycles. The van der Waals surface area contributed by atoms with Crippen LogP contribution in [0.5, 0.6) is 0 Å². The van der Waals surface area contributed by atoms with Gasteiger partial charge in [0.15, 0.2) is 0 Å². The van der Waals surface area contributed by atoms with Crippen molar-refractivity contribution in [2.75, 3.05) is 25.7 Å². The van der Waals surface area contributed by atoms with Gasteiger partial charge in [-0.3, -0.25) is 19.2 Å². The molecular formula is C46H52Cl2N6O10S2. The third kappa shape index (κ3) is 9.21. The van der Waals surface area contributed by atoms with E-state index >= 15 is 0 Å². The van der Waals surface area contributed by atoms with Crippen molar-refractivity contribution in [3.63, 3.8) is 0 Å². The lowest BCUT2D eigenvalue weighted by Crippen LogP contribution is -2.50. The molecule has 6 heterocycles. The Kier molecular flexibility index (Phi) is 14.7. The van der Waals surface area contributed by atoms with E-state index in [0.717, 1.165) is 21.1 Å². The predicted octanol–water partition coefficient (Wildman–Crippen LogP) is 3.55. The van der Waals surface area contributed by atoms with Crippen molar-refractivity contribution < 1.29 is 36.6 Å². The van der Waals surface area contributed by atoms with Crippen LogP contribution in [0.2, 0.25) is 10.0 Å². The molecule has 8 rings (SSSR count). The molecular weight excluding hydrogens is 932 g/mol. The van der Waals surface area contributed by atoms with Crippen LogP contribution in [0.15, 0.2) is 94.5 Å². The lowest BCUT2D eigenvalue weighted by Gasteiger charge is -2.28. The first-order valence-electron chi connectivity index (χ1n) is 21.3. The molecule has 2 aromatic carbocycles. The molecule has 66 heavy (non-hydrogen) atoms. The summed E-state index contributed by atoms with van der Waals surface area (Å²) in [5, 5.41) is 27.0. The van der Waals surface area contributed by atoms with Crippen LogP contribution in [0, 0.1) is 23.7 Å². The molecule has 20 heteroatoms. The highest BCUT2D eigenvalue weighted by Crippen LogP contribution is 2.51. The van der Waals surface area contributed by atoms with Crippen molar-refractivity contribution in [2.24, 2.45) is 23.7 Å². The summed E-state index contributed by atoms with van der Waals surface area (Å²) in [6, 6.07) is 17.3. The Labute approximate surface area is 393 Å². The van der Waals surface area contributed by atoms with E-state index < -0.39 is 79.7 Å². The number of aliphatic hydroxyl groups is 2. The zero-order chi connectivity index (χ0) is 47.8. The van der Waals surface area contributed by atoms with Gasteiger partial charge in [-0.15, -0.1) is 0 Å². The summed E-state index contributed by atoms with van der Waals surface area (Å²) in [4.78, 5) is 52.4. The maximum Gasteiger partial charge on any atom is 0.258 e. The maximum absolute atomic E-state index is 13.3. The summed E-state index contributed by atoms with van der Waals surface area (Å²) in [5.74, 6) is -3.16. The molecule has 0 spiro atoms. The van der Waals surface area contributed by atoms with Gasteiger partial charge in [0, 0.05) is 95.6 Å². The summed E-state index contributed by atoms with van der Waals surface area (Å²) >= 11 is 12.3. The second-order valence-corrected chi connectivity index (χ2v) is 21.5. The van der Waals surface area contributed by atoms with Crippen LogP contribution in [0.25, 0.3) is 12.2 Å². The quantitative estimate of drug-likeness (QED) is 0.162. The Bertz CT molecular complexity index is 2740. The number of pyridine rings is 2. The Balaban J connectivity index is 0.000000196. The van der Waals surface area contributed by atoms with Crippen molar-refractivity contribution >= 4 is 67.2 Å².